The van der Waals surface area contributed by atoms with Gasteiger partial charge in [0.25, 0.3) is 5.91 Å². The van der Waals surface area contributed by atoms with E-state index in [0.29, 0.717) is 24.6 Å². The highest BCUT2D eigenvalue weighted by atomic mass is 79.9. The van der Waals surface area contributed by atoms with Gasteiger partial charge < -0.3 is 15.8 Å². The minimum Gasteiger partial charge on any atom is -0.409 e. The third-order valence-electron chi connectivity index (χ3n) is 2.80. The van der Waals surface area contributed by atoms with Gasteiger partial charge in [-0.3, -0.25) is 4.79 Å². The highest BCUT2D eigenvalue weighted by Crippen LogP contribution is 2.30. The van der Waals surface area contributed by atoms with Crippen LogP contribution >= 0.6 is 27.3 Å². The first kappa shape index (κ1) is 13.4. The van der Waals surface area contributed by atoms with Gasteiger partial charge in [0.2, 0.25) is 0 Å². The summed E-state index contributed by atoms with van der Waals surface area (Å²) in [4.78, 5) is 14.1. The van der Waals surface area contributed by atoms with E-state index in [2.05, 4.69) is 21.1 Å². The molecule has 1 saturated carbocycles. The molecule has 0 saturated heterocycles. The number of nitrogens with two attached hydrogens (primary N) is 1. The van der Waals surface area contributed by atoms with Crippen LogP contribution in [0.5, 0.6) is 0 Å². The molecule has 0 spiro atoms. The monoisotopic (exact) mass is 331 g/mol. The maximum atomic E-state index is 12.3. The second-order valence-electron chi connectivity index (χ2n) is 4.21. The molecule has 1 amide bonds. The zero-order valence-corrected chi connectivity index (χ0v) is 12.1. The second-order valence-corrected chi connectivity index (χ2v) is 6.50. The lowest BCUT2D eigenvalue weighted by atomic mass is 10.2. The average molecular weight is 332 g/mol. The van der Waals surface area contributed by atoms with Crippen molar-refractivity contribution >= 4 is 39.0 Å². The summed E-state index contributed by atoms with van der Waals surface area (Å²) in [5.41, 5.74) is 6.13. The Balaban J connectivity index is 2.03. The summed E-state index contributed by atoms with van der Waals surface area (Å²) in [6.45, 7) is 0.493. The Labute approximate surface area is 117 Å². The number of nitrogens with zero attached hydrogens (tertiary/aromatic N) is 2. The van der Waals surface area contributed by atoms with Crippen LogP contribution in [-0.2, 0) is 0 Å². The molecule has 0 bridgehead atoms. The maximum absolute atomic E-state index is 12.3. The Morgan fingerprint density at radius 1 is 1.67 bits per heavy atom. The predicted molar refractivity (Wildman–Crippen MR) is 74.1 cm³/mol. The highest BCUT2D eigenvalue weighted by Gasteiger charge is 2.33. The van der Waals surface area contributed by atoms with Crippen molar-refractivity contribution in [3.8, 4) is 0 Å². The zero-order valence-electron chi connectivity index (χ0n) is 9.67. The van der Waals surface area contributed by atoms with Crippen LogP contribution in [0.2, 0.25) is 0 Å². The van der Waals surface area contributed by atoms with Crippen molar-refractivity contribution in [1.82, 2.24) is 4.90 Å². The molecule has 1 aliphatic rings. The molecule has 1 aliphatic carbocycles. The normalized spacial score (nSPS) is 15.7. The van der Waals surface area contributed by atoms with Gasteiger partial charge in [-0.2, -0.15) is 0 Å². The molecule has 0 unspecified atom stereocenters. The van der Waals surface area contributed by atoms with E-state index >= 15 is 0 Å². The van der Waals surface area contributed by atoms with Crippen molar-refractivity contribution in [2.24, 2.45) is 10.9 Å². The van der Waals surface area contributed by atoms with E-state index in [9.17, 15) is 4.79 Å². The van der Waals surface area contributed by atoms with Gasteiger partial charge in [0, 0.05) is 24.4 Å². The minimum absolute atomic E-state index is 0.0187. The number of thiophene rings is 1. The van der Waals surface area contributed by atoms with Crippen molar-refractivity contribution in [2.45, 2.75) is 25.3 Å². The van der Waals surface area contributed by atoms with E-state index < -0.39 is 0 Å². The molecule has 0 radical (unpaired) electrons. The molecule has 1 aromatic heterocycles. The Morgan fingerprint density at radius 3 is 2.89 bits per heavy atom. The van der Waals surface area contributed by atoms with E-state index in [1.165, 1.54) is 11.3 Å². The van der Waals surface area contributed by atoms with E-state index in [-0.39, 0.29) is 11.7 Å². The first-order chi connectivity index (χ1) is 8.61. The number of amides is 1. The number of oxime groups is 1. The molecule has 0 aliphatic heterocycles. The van der Waals surface area contributed by atoms with Gasteiger partial charge in [0.15, 0.2) is 0 Å². The quantitative estimate of drug-likeness (QED) is 0.376. The molecule has 1 heterocycles. The number of hydrogen-bond acceptors (Lipinski definition) is 4. The third-order valence-corrected chi connectivity index (χ3v) is 4.30. The first-order valence-corrected chi connectivity index (χ1v) is 7.30. The van der Waals surface area contributed by atoms with Crippen molar-refractivity contribution in [3.63, 3.8) is 0 Å². The van der Waals surface area contributed by atoms with Gasteiger partial charge in [-0.05, 0) is 34.8 Å². The third kappa shape index (κ3) is 3.23. The smallest absolute Gasteiger partial charge is 0.254 e. The van der Waals surface area contributed by atoms with Crippen LogP contribution < -0.4 is 5.73 Å². The van der Waals surface area contributed by atoms with Crippen molar-refractivity contribution in [3.05, 3.63) is 20.8 Å². The fraction of sp³-hybridized carbons (Fsp3) is 0.455. The molecule has 0 aromatic carbocycles. The Bertz CT molecular complexity index is 471. The van der Waals surface area contributed by atoms with Crippen LogP contribution in [-0.4, -0.2) is 34.4 Å². The van der Waals surface area contributed by atoms with Gasteiger partial charge in [0.1, 0.15) is 5.84 Å². The molecular weight excluding hydrogens is 318 g/mol. The lowest BCUT2D eigenvalue weighted by Gasteiger charge is -2.21. The fourth-order valence-electron chi connectivity index (χ4n) is 1.71. The van der Waals surface area contributed by atoms with E-state index in [0.717, 1.165) is 16.6 Å². The number of hydrogen-bond donors (Lipinski definition) is 2. The Hall–Kier alpha value is -1.08. The summed E-state index contributed by atoms with van der Waals surface area (Å²) < 4.78 is 0.943. The lowest BCUT2D eigenvalue weighted by Crippen LogP contribution is -2.35. The van der Waals surface area contributed by atoms with Gasteiger partial charge in [-0.15, -0.1) is 11.3 Å². The Morgan fingerprint density at radius 2 is 2.39 bits per heavy atom. The summed E-state index contributed by atoms with van der Waals surface area (Å²) in [7, 11) is 0. The summed E-state index contributed by atoms with van der Waals surface area (Å²) in [6.07, 6.45) is 2.46. The predicted octanol–water partition coefficient (Wildman–Crippen LogP) is 2.25. The van der Waals surface area contributed by atoms with Gasteiger partial charge >= 0.3 is 0 Å². The molecule has 98 valence electrons. The second kappa shape index (κ2) is 5.71. The van der Waals surface area contributed by atoms with Gasteiger partial charge in [0.05, 0.1) is 9.35 Å². The summed E-state index contributed by atoms with van der Waals surface area (Å²) in [6, 6.07) is 2.13. The summed E-state index contributed by atoms with van der Waals surface area (Å²) in [5.74, 6) is 0.171. The fourth-order valence-corrected chi connectivity index (χ4v) is 2.84. The van der Waals surface area contributed by atoms with Crippen molar-refractivity contribution < 1.29 is 10.0 Å². The van der Waals surface area contributed by atoms with Gasteiger partial charge in [-0.1, -0.05) is 5.16 Å². The maximum Gasteiger partial charge on any atom is 0.254 e. The van der Waals surface area contributed by atoms with Crippen molar-refractivity contribution in [1.29, 1.82) is 0 Å². The van der Waals surface area contributed by atoms with Crippen LogP contribution in [0.3, 0.4) is 0 Å². The standard InChI is InChI=1S/C11H14BrN3O2S/c12-9-5-7(6-18-9)11(16)15(8-1-2-8)4-3-10(13)14-17/h5-6,8,17H,1-4H2,(H2,13,14). The van der Waals surface area contributed by atoms with Crippen molar-refractivity contribution in [2.75, 3.05) is 6.54 Å². The molecule has 0 atom stereocenters. The minimum atomic E-state index is 0.0187. The molecular formula is C11H14BrN3O2S. The highest BCUT2D eigenvalue weighted by molar-refractivity contribution is 9.11. The van der Waals surface area contributed by atoms with Gasteiger partial charge in [-0.25, -0.2) is 0 Å². The van der Waals surface area contributed by atoms with E-state index in [1.807, 2.05) is 16.3 Å². The number of halogens is 1. The van der Waals surface area contributed by atoms with Crippen LogP contribution in [0, 0.1) is 0 Å². The lowest BCUT2D eigenvalue weighted by molar-refractivity contribution is 0.0748. The molecule has 2 rings (SSSR count). The molecule has 5 nitrogen and oxygen atoms in total. The number of rotatable bonds is 5. The van der Waals surface area contributed by atoms with E-state index in [4.69, 9.17) is 10.9 Å². The number of amidine groups is 1. The largest absolute Gasteiger partial charge is 0.409 e. The molecule has 1 fully saturated rings. The average Bonchev–Trinajstić information content (AvgIpc) is 3.10. The molecule has 1 aromatic rings. The van der Waals surface area contributed by atoms with Crippen LogP contribution in [0.15, 0.2) is 20.4 Å². The zero-order chi connectivity index (χ0) is 13.1. The number of carbonyl (C=O) groups excluding carboxylic acids is 1. The topological polar surface area (TPSA) is 78.9 Å². The molecule has 7 heteroatoms. The number of carbonyl (C=O) groups is 1. The van der Waals surface area contributed by atoms with E-state index in [1.54, 1.807) is 0 Å². The van der Waals surface area contributed by atoms with Crippen LogP contribution in [0.4, 0.5) is 0 Å². The summed E-state index contributed by atoms with van der Waals surface area (Å²) in [5, 5.41) is 13.3. The van der Waals surface area contributed by atoms with Crippen LogP contribution in [0.25, 0.3) is 0 Å². The first-order valence-electron chi connectivity index (χ1n) is 5.63. The summed E-state index contributed by atoms with van der Waals surface area (Å²) >= 11 is 4.84. The Kier molecular flexibility index (Phi) is 4.23. The molecule has 18 heavy (non-hydrogen) atoms. The molecule has 3 N–H and O–H groups in total. The van der Waals surface area contributed by atoms with Crippen LogP contribution in [0.1, 0.15) is 29.6 Å². The SMILES string of the molecule is NC(CCN(C(=O)c1csc(Br)c1)C1CC1)=NO.